The monoisotopic (exact) mass is 174 g/mol. The van der Waals surface area contributed by atoms with Gasteiger partial charge >= 0.3 is 0 Å². The summed E-state index contributed by atoms with van der Waals surface area (Å²) < 4.78 is 2.02. The number of hydrogen-bond donors (Lipinski definition) is 0. The third kappa shape index (κ3) is 1.13. The minimum atomic E-state index is 0.706. The van der Waals surface area contributed by atoms with E-state index < -0.39 is 0 Å². The molecule has 0 aliphatic carbocycles. The van der Waals surface area contributed by atoms with E-state index in [4.69, 9.17) is 0 Å². The maximum Gasteiger partial charge on any atom is 0.150 e. The molecule has 13 heavy (non-hydrogen) atoms. The summed E-state index contributed by atoms with van der Waals surface area (Å²) in [4.78, 5) is 14.9. The first kappa shape index (κ1) is 7.98. The van der Waals surface area contributed by atoms with E-state index in [2.05, 4.69) is 11.9 Å². The highest BCUT2D eigenvalue weighted by atomic mass is 16.1. The van der Waals surface area contributed by atoms with Gasteiger partial charge in [-0.25, -0.2) is 4.98 Å². The zero-order valence-corrected chi connectivity index (χ0v) is 7.40. The molecule has 0 aromatic carbocycles. The lowest BCUT2D eigenvalue weighted by atomic mass is 10.2. The van der Waals surface area contributed by atoms with Crippen molar-refractivity contribution in [2.75, 3.05) is 0 Å². The molecule has 66 valence electrons. The van der Waals surface area contributed by atoms with Crippen molar-refractivity contribution in [1.29, 1.82) is 0 Å². The SMILES string of the molecule is CCn1ccc2c(C=O)ccnc21. The van der Waals surface area contributed by atoms with Crippen LogP contribution in [0, 0.1) is 0 Å². The van der Waals surface area contributed by atoms with Crippen LogP contribution in [0.25, 0.3) is 11.0 Å². The normalized spacial score (nSPS) is 10.5. The van der Waals surface area contributed by atoms with Crippen LogP contribution in [-0.2, 0) is 6.54 Å². The molecule has 2 aromatic rings. The Morgan fingerprint density at radius 3 is 3.08 bits per heavy atom. The van der Waals surface area contributed by atoms with Gasteiger partial charge in [-0.1, -0.05) is 0 Å². The summed E-state index contributed by atoms with van der Waals surface area (Å²) in [6.07, 6.45) is 4.48. The lowest BCUT2D eigenvalue weighted by Crippen LogP contribution is -1.93. The summed E-state index contributed by atoms with van der Waals surface area (Å²) in [5.74, 6) is 0. The molecule has 3 nitrogen and oxygen atoms in total. The molecule has 2 rings (SSSR count). The van der Waals surface area contributed by atoms with Gasteiger partial charge in [-0.2, -0.15) is 0 Å². The quantitative estimate of drug-likeness (QED) is 0.651. The molecular weight excluding hydrogens is 164 g/mol. The Morgan fingerprint density at radius 1 is 1.54 bits per heavy atom. The first-order chi connectivity index (χ1) is 6.36. The fraction of sp³-hybridized carbons (Fsp3) is 0.200. The zero-order valence-electron chi connectivity index (χ0n) is 7.40. The molecule has 0 spiro atoms. The van der Waals surface area contributed by atoms with E-state index >= 15 is 0 Å². The van der Waals surface area contributed by atoms with E-state index in [1.54, 1.807) is 12.3 Å². The molecule has 2 heterocycles. The number of pyridine rings is 1. The Kier molecular flexibility index (Phi) is 1.85. The van der Waals surface area contributed by atoms with Crippen LogP contribution in [0.4, 0.5) is 0 Å². The fourth-order valence-corrected chi connectivity index (χ4v) is 1.47. The van der Waals surface area contributed by atoms with Gasteiger partial charge in [0.05, 0.1) is 0 Å². The third-order valence-corrected chi connectivity index (χ3v) is 2.16. The van der Waals surface area contributed by atoms with Gasteiger partial charge in [0.1, 0.15) is 5.65 Å². The largest absolute Gasteiger partial charge is 0.333 e. The number of aryl methyl sites for hydroxylation is 1. The summed E-state index contributed by atoms with van der Waals surface area (Å²) >= 11 is 0. The number of aldehydes is 1. The molecule has 0 atom stereocenters. The second kappa shape index (κ2) is 3.01. The number of carbonyl (C=O) groups is 1. The van der Waals surface area contributed by atoms with Crippen molar-refractivity contribution in [3.63, 3.8) is 0 Å². The molecule has 0 aliphatic rings. The summed E-state index contributed by atoms with van der Waals surface area (Å²) in [5.41, 5.74) is 1.59. The highest BCUT2D eigenvalue weighted by Gasteiger charge is 2.03. The van der Waals surface area contributed by atoms with Gasteiger partial charge in [-0.05, 0) is 19.1 Å². The van der Waals surface area contributed by atoms with Gasteiger partial charge in [0, 0.05) is 29.9 Å². The van der Waals surface area contributed by atoms with Crippen LogP contribution in [0.3, 0.4) is 0 Å². The second-order valence-electron chi connectivity index (χ2n) is 2.86. The predicted molar refractivity (Wildman–Crippen MR) is 50.8 cm³/mol. The number of rotatable bonds is 2. The summed E-state index contributed by atoms with van der Waals surface area (Å²) in [7, 11) is 0. The van der Waals surface area contributed by atoms with Gasteiger partial charge < -0.3 is 4.57 Å². The number of carbonyl (C=O) groups excluding carboxylic acids is 1. The van der Waals surface area contributed by atoms with Crippen LogP contribution >= 0.6 is 0 Å². The van der Waals surface area contributed by atoms with Crippen molar-refractivity contribution in [2.45, 2.75) is 13.5 Å². The van der Waals surface area contributed by atoms with Gasteiger partial charge in [0.25, 0.3) is 0 Å². The minimum Gasteiger partial charge on any atom is -0.333 e. The minimum absolute atomic E-state index is 0.706. The molecule has 0 fully saturated rings. The Balaban J connectivity index is 2.79. The van der Waals surface area contributed by atoms with Crippen LogP contribution < -0.4 is 0 Å². The fourth-order valence-electron chi connectivity index (χ4n) is 1.47. The van der Waals surface area contributed by atoms with Crippen molar-refractivity contribution in [3.8, 4) is 0 Å². The second-order valence-corrected chi connectivity index (χ2v) is 2.86. The molecule has 0 radical (unpaired) electrons. The molecule has 0 aliphatic heterocycles. The van der Waals surface area contributed by atoms with Crippen LogP contribution in [-0.4, -0.2) is 15.8 Å². The topological polar surface area (TPSA) is 34.9 Å². The highest BCUT2D eigenvalue weighted by molar-refractivity contribution is 5.95. The maximum atomic E-state index is 10.7. The van der Waals surface area contributed by atoms with Crippen molar-refractivity contribution >= 4 is 17.3 Å². The van der Waals surface area contributed by atoms with Gasteiger partial charge in [-0.3, -0.25) is 4.79 Å². The number of hydrogen-bond acceptors (Lipinski definition) is 2. The number of aromatic nitrogens is 2. The Hall–Kier alpha value is -1.64. The average Bonchev–Trinajstić information content (AvgIpc) is 2.60. The molecule has 0 saturated carbocycles. The van der Waals surface area contributed by atoms with E-state index in [0.717, 1.165) is 23.9 Å². The van der Waals surface area contributed by atoms with Gasteiger partial charge in [0.2, 0.25) is 0 Å². The summed E-state index contributed by atoms with van der Waals surface area (Å²) in [6.45, 7) is 2.92. The Labute approximate surface area is 76.0 Å². The smallest absolute Gasteiger partial charge is 0.150 e. The van der Waals surface area contributed by atoms with Crippen molar-refractivity contribution in [3.05, 3.63) is 30.1 Å². The van der Waals surface area contributed by atoms with Gasteiger partial charge in [0.15, 0.2) is 6.29 Å². The van der Waals surface area contributed by atoms with E-state index in [9.17, 15) is 4.79 Å². The lowest BCUT2D eigenvalue weighted by molar-refractivity contribution is 0.112. The molecule has 2 aromatic heterocycles. The zero-order chi connectivity index (χ0) is 9.26. The van der Waals surface area contributed by atoms with Crippen LogP contribution in [0.1, 0.15) is 17.3 Å². The molecule has 0 N–H and O–H groups in total. The summed E-state index contributed by atoms with van der Waals surface area (Å²) in [5, 5.41) is 0.930. The number of fused-ring (bicyclic) bond motifs is 1. The van der Waals surface area contributed by atoms with Crippen molar-refractivity contribution in [1.82, 2.24) is 9.55 Å². The van der Waals surface area contributed by atoms with Crippen molar-refractivity contribution in [2.24, 2.45) is 0 Å². The first-order valence-corrected chi connectivity index (χ1v) is 4.26. The molecule has 3 heteroatoms. The molecular formula is C10H10N2O. The maximum absolute atomic E-state index is 10.7. The predicted octanol–water partition coefficient (Wildman–Crippen LogP) is 1.87. The Bertz CT molecular complexity index is 445. The van der Waals surface area contributed by atoms with E-state index in [1.165, 1.54) is 0 Å². The standard InChI is InChI=1S/C10H10N2O/c1-2-12-6-4-9-8(7-13)3-5-11-10(9)12/h3-7H,2H2,1H3. The van der Waals surface area contributed by atoms with E-state index in [1.807, 2.05) is 16.8 Å². The molecule has 0 unspecified atom stereocenters. The van der Waals surface area contributed by atoms with Gasteiger partial charge in [-0.15, -0.1) is 0 Å². The number of nitrogens with zero attached hydrogens (tertiary/aromatic N) is 2. The highest BCUT2D eigenvalue weighted by Crippen LogP contribution is 2.16. The van der Waals surface area contributed by atoms with Crippen molar-refractivity contribution < 1.29 is 4.79 Å². The Morgan fingerprint density at radius 2 is 2.38 bits per heavy atom. The van der Waals surface area contributed by atoms with E-state index in [-0.39, 0.29) is 0 Å². The lowest BCUT2D eigenvalue weighted by Gasteiger charge is -1.99. The molecule has 0 amide bonds. The van der Waals surface area contributed by atoms with Crippen LogP contribution in [0.5, 0.6) is 0 Å². The van der Waals surface area contributed by atoms with Crippen LogP contribution in [0.2, 0.25) is 0 Å². The molecule has 0 saturated heterocycles. The average molecular weight is 174 g/mol. The van der Waals surface area contributed by atoms with Crippen LogP contribution in [0.15, 0.2) is 24.5 Å². The summed E-state index contributed by atoms with van der Waals surface area (Å²) in [6, 6.07) is 3.66. The molecule has 0 bridgehead atoms. The van der Waals surface area contributed by atoms with E-state index in [0.29, 0.717) is 5.56 Å². The first-order valence-electron chi connectivity index (χ1n) is 4.26. The third-order valence-electron chi connectivity index (χ3n) is 2.16.